The maximum atomic E-state index is 9.31. The number of likely N-dealkylation sites (tertiary alicyclic amines) is 1. The highest BCUT2D eigenvalue weighted by molar-refractivity contribution is 4.74. The maximum Gasteiger partial charge on any atom is 0.0586 e. The molecule has 15 heavy (non-hydrogen) atoms. The Labute approximate surface area is 93.1 Å². The minimum absolute atomic E-state index is 0.306. The normalized spacial score (nSPS) is 24.0. The molecule has 0 saturated carbocycles. The van der Waals surface area contributed by atoms with Crippen molar-refractivity contribution >= 4 is 0 Å². The van der Waals surface area contributed by atoms with E-state index >= 15 is 0 Å². The van der Waals surface area contributed by atoms with Crippen LogP contribution in [0.4, 0.5) is 0 Å². The van der Waals surface area contributed by atoms with E-state index in [2.05, 4.69) is 4.90 Å². The summed E-state index contributed by atoms with van der Waals surface area (Å²) in [6, 6.07) is 0.390. The summed E-state index contributed by atoms with van der Waals surface area (Å²) in [7, 11) is 0. The van der Waals surface area contributed by atoms with E-state index in [1.807, 2.05) is 0 Å². The van der Waals surface area contributed by atoms with Gasteiger partial charge in [0, 0.05) is 12.6 Å². The van der Waals surface area contributed by atoms with Crippen molar-refractivity contribution in [1.29, 1.82) is 0 Å². The topological polar surface area (TPSA) is 43.7 Å². The van der Waals surface area contributed by atoms with Gasteiger partial charge >= 0.3 is 0 Å². The molecular weight excluding hydrogens is 190 g/mol. The fourth-order valence-electron chi connectivity index (χ4n) is 2.34. The first kappa shape index (κ1) is 12.9. The fourth-order valence-corrected chi connectivity index (χ4v) is 2.34. The van der Waals surface area contributed by atoms with Gasteiger partial charge in [0.1, 0.15) is 0 Å². The van der Waals surface area contributed by atoms with E-state index in [0.29, 0.717) is 19.3 Å². The Morgan fingerprint density at radius 2 is 1.87 bits per heavy atom. The molecule has 0 aromatic rings. The molecule has 0 aliphatic carbocycles. The molecule has 1 rings (SSSR count). The van der Waals surface area contributed by atoms with Crippen LogP contribution in [0.25, 0.3) is 0 Å². The molecule has 0 bridgehead atoms. The van der Waals surface area contributed by atoms with E-state index in [0.717, 1.165) is 38.8 Å². The third kappa shape index (κ3) is 4.96. The Hall–Kier alpha value is -0.120. The lowest BCUT2D eigenvalue weighted by molar-refractivity contribution is 0.122. The molecule has 3 heteroatoms. The lowest BCUT2D eigenvalue weighted by atomic mass is 10.1. The van der Waals surface area contributed by atoms with E-state index in [4.69, 9.17) is 5.11 Å². The number of hydrogen-bond acceptors (Lipinski definition) is 3. The first-order valence-corrected chi connectivity index (χ1v) is 6.34. The van der Waals surface area contributed by atoms with Crippen molar-refractivity contribution in [2.75, 3.05) is 26.3 Å². The third-order valence-corrected chi connectivity index (χ3v) is 3.31. The van der Waals surface area contributed by atoms with Crippen molar-refractivity contribution in [2.45, 2.75) is 51.0 Å². The summed E-state index contributed by atoms with van der Waals surface area (Å²) < 4.78 is 0. The van der Waals surface area contributed by atoms with Crippen LogP contribution in [0.15, 0.2) is 0 Å². The summed E-state index contributed by atoms with van der Waals surface area (Å²) in [5.41, 5.74) is 0. The van der Waals surface area contributed by atoms with Crippen molar-refractivity contribution in [3.05, 3.63) is 0 Å². The molecule has 0 aromatic carbocycles. The molecule has 2 N–H and O–H groups in total. The minimum Gasteiger partial charge on any atom is -0.396 e. The van der Waals surface area contributed by atoms with Crippen molar-refractivity contribution in [3.8, 4) is 0 Å². The van der Waals surface area contributed by atoms with Gasteiger partial charge in [0.25, 0.3) is 0 Å². The predicted molar refractivity (Wildman–Crippen MR) is 61.9 cm³/mol. The first-order chi connectivity index (χ1) is 7.38. The molecule has 0 amide bonds. The zero-order valence-corrected chi connectivity index (χ0v) is 9.70. The minimum atomic E-state index is 0.306. The standard InChI is InChI=1S/C12H25NO2/c14-10-6-2-5-9-13-8-4-1-3-7-12(13)11-15/h12,14-15H,1-11H2. The van der Waals surface area contributed by atoms with Crippen LogP contribution >= 0.6 is 0 Å². The smallest absolute Gasteiger partial charge is 0.0586 e. The van der Waals surface area contributed by atoms with Crippen LogP contribution in [-0.2, 0) is 0 Å². The molecule has 90 valence electrons. The number of rotatable bonds is 6. The van der Waals surface area contributed by atoms with Gasteiger partial charge in [0.05, 0.1) is 6.61 Å². The molecule has 1 aliphatic rings. The van der Waals surface area contributed by atoms with Crippen molar-refractivity contribution < 1.29 is 10.2 Å². The molecule has 1 heterocycles. The Kier molecular flexibility index (Phi) is 6.98. The van der Waals surface area contributed by atoms with Crippen LogP contribution in [0.2, 0.25) is 0 Å². The van der Waals surface area contributed by atoms with Gasteiger partial charge in [-0.15, -0.1) is 0 Å². The van der Waals surface area contributed by atoms with Crippen LogP contribution in [0.3, 0.4) is 0 Å². The van der Waals surface area contributed by atoms with Crippen LogP contribution in [0, 0.1) is 0 Å². The number of hydrogen-bond donors (Lipinski definition) is 2. The molecule has 1 saturated heterocycles. The second-order valence-corrected chi connectivity index (χ2v) is 4.51. The molecule has 0 spiro atoms. The molecule has 1 aliphatic heterocycles. The van der Waals surface area contributed by atoms with Gasteiger partial charge < -0.3 is 10.2 Å². The number of nitrogens with zero attached hydrogens (tertiary/aromatic N) is 1. The van der Waals surface area contributed by atoms with Crippen LogP contribution < -0.4 is 0 Å². The Bertz CT molecular complexity index is 153. The second-order valence-electron chi connectivity index (χ2n) is 4.51. The molecule has 0 aromatic heterocycles. The van der Waals surface area contributed by atoms with Gasteiger partial charge in [0.2, 0.25) is 0 Å². The monoisotopic (exact) mass is 215 g/mol. The third-order valence-electron chi connectivity index (χ3n) is 3.31. The Morgan fingerprint density at radius 3 is 2.60 bits per heavy atom. The largest absolute Gasteiger partial charge is 0.396 e. The maximum absolute atomic E-state index is 9.31. The zero-order valence-electron chi connectivity index (χ0n) is 9.70. The lowest BCUT2D eigenvalue weighted by Crippen LogP contribution is -2.38. The van der Waals surface area contributed by atoms with Crippen molar-refractivity contribution in [2.24, 2.45) is 0 Å². The first-order valence-electron chi connectivity index (χ1n) is 6.34. The Morgan fingerprint density at radius 1 is 1.00 bits per heavy atom. The fraction of sp³-hybridized carbons (Fsp3) is 1.00. The van der Waals surface area contributed by atoms with Crippen molar-refractivity contribution in [3.63, 3.8) is 0 Å². The highest BCUT2D eigenvalue weighted by atomic mass is 16.3. The number of unbranched alkanes of at least 4 members (excludes halogenated alkanes) is 2. The molecule has 1 atom stereocenters. The summed E-state index contributed by atoms with van der Waals surface area (Å²) in [6.07, 6.45) is 8.16. The van der Waals surface area contributed by atoms with Gasteiger partial charge in [-0.1, -0.05) is 12.8 Å². The van der Waals surface area contributed by atoms with Crippen LogP contribution in [0.1, 0.15) is 44.9 Å². The van der Waals surface area contributed by atoms with Gasteiger partial charge in [0.15, 0.2) is 0 Å². The van der Waals surface area contributed by atoms with Gasteiger partial charge in [-0.2, -0.15) is 0 Å². The molecule has 3 nitrogen and oxygen atoms in total. The van der Waals surface area contributed by atoms with E-state index < -0.39 is 0 Å². The average molecular weight is 215 g/mol. The molecule has 1 unspecified atom stereocenters. The van der Waals surface area contributed by atoms with Crippen LogP contribution in [0.5, 0.6) is 0 Å². The predicted octanol–water partition coefficient (Wildman–Crippen LogP) is 1.39. The quantitative estimate of drug-likeness (QED) is 0.658. The number of aliphatic hydroxyl groups excluding tert-OH is 2. The SMILES string of the molecule is OCCCCCN1CCCCCC1CO. The van der Waals surface area contributed by atoms with E-state index in [1.54, 1.807) is 0 Å². The van der Waals surface area contributed by atoms with Crippen molar-refractivity contribution in [1.82, 2.24) is 4.90 Å². The Balaban J connectivity index is 2.22. The van der Waals surface area contributed by atoms with E-state index in [-0.39, 0.29) is 0 Å². The summed E-state index contributed by atoms with van der Waals surface area (Å²) in [6.45, 7) is 2.85. The summed E-state index contributed by atoms with van der Waals surface area (Å²) in [5.74, 6) is 0. The van der Waals surface area contributed by atoms with E-state index in [1.165, 1.54) is 19.3 Å². The molecule has 0 radical (unpaired) electrons. The van der Waals surface area contributed by atoms with Gasteiger partial charge in [-0.25, -0.2) is 0 Å². The highest BCUT2D eigenvalue weighted by Gasteiger charge is 2.19. The summed E-state index contributed by atoms with van der Waals surface area (Å²) >= 11 is 0. The summed E-state index contributed by atoms with van der Waals surface area (Å²) in [5, 5.41) is 18.0. The van der Waals surface area contributed by atoms with Crippen LogP contribution in [-0.4, -0.2) is 47.5 Å². The molecular formula is C12H25NO2. The average Bonchev–Trinajstić information content (AvgIpc) is 2.49. The van der Waals surface area contributed by atoms with Gasteiger partial charge in [-0.05, 0) is 45.2 Å². The lowest BCUT2D eigenvalue weighted by Gasteiger charge is -2.28. The summed E-state index contributed by atoms with van der Waals surface area (Å²) in [4.78, 5) is 2.43. The zero-order chi connectivity index (χ0) is 10.9. The highest BCUT2D eigenvalue weighted by Crippen LogP contribution is 2.17. The second kappa shape index (κ2) is 8.08. The van der Waals surface area contributed by atoms with E-state index in [9.17, 15) is 5.11 Å². The number of aliphatic hydroxyl groups is 2. The molecule has 1 fully saturated rings. The van der Waals surface area contributed by atoms with Gasteiger partial charge in [-0.3, -0.25) is 4.90 Å².